The summed E-state index contributed by atoms with van der Waals surface area (Å²) in [7, 11) is 0. The van der Waals surface area contributed by atoms with Crippen molar-refractivity contribution < 1.29 is 4.39 Å². The highest BCUT2D eigenvalue weighted by atomic mass is 35.5. The molecule has 0 aliphatic carbocycles. The Morgan fingerprint density at radius 1 is 1.37 bits per heavy atom. The van der Waals surface area contributed by atoms with Crippen molar-refractivity contribution in [1.29, 1.82) is 0 Å². The summed E-state index contributed by atoms with van der Waals surface area (Å²) in [5.74, 6) is 0.413. The molecule has 1 aromatic rings. The van der Waals surface area contributed by atoms with Crippen LogP contribution in [-0.2, 0) is 6.54 Å². The Morgan fingerprint density at radius 3 is 2.74 bits per heavy atom. The Morgan fingerprint density at radius 2 is 2.11 bits per heavy atom. The number of hydrogen-bond donors (Lipinski definition) is 1. The van der Waals surface area contributed by atoms with Crippen molar-refractivity contribution in [1.82, 2.24) is 10.2 Å². The maximum absolute atomic E-state index is 13.0. The summed E-state index contributed by atoms with van der Waals surface area (Å²) >= 11 is 5.77. The molecular formula is C15H22ClFN2. The Balaban J connectivity index is 1.70. The van der Waals surface area contributed by atoms with Crippen molar-refractivity contribution in [2.45, 2.75) is 26.3 Å². The molecule has 2 nitrogen and oxygen atoms in total. The molecule has 106 valence electrons. The Bertz CT molecular complexity index is 403. The first-order valence-corrected chi connectivity index (χ1v) is 7.44. The smallest absolute Gasteiger partial charge is 0.141 e. The van der Waals surface area contributed by atoms with Gasteiger partial charge in [0.05, 0.1) is 5.02 Å². The highest BCUT2D eigenvalue weighted by Crippen LogP contribution is 2.17. The first-order valence-electron chi connectivity index (χ1n) is 7.06. The third kappa shape index (κ3) is 4.44. The molecule has 1 saturated heterocycles. The van der Waals surface area contributed by atoms with Gasteiger partial charge < -0.3 is 10.2 Å². The van der Waals surface area contributed by atoms with Crippen LogP contribution in [0.3, 0.4) is 0 Å². The normalized spacial score (nSPS) is 17.8. The summed E-state index contributed by atoms with van der Waals surface area (Å²) < 4.78 is 13.0. The first-order chi connectivity index (χ1) is 9.19. The van der Waals surface area contributed by atoms with Gasteiger partial charge >= 0.3 is 0 Å². The fourth-order valence-corrected chi connectivity index (χ4v) is 2.78. The highest BCUT2D eigenvalue weighted by molar-refractivity contribution is 6.30. The van der Waals surface area contributed by atoms with Crippen LogP contribution in [0.4, 0.5) is 4.39 Å². The van der Waals surface area contributed by atoms with Gasteiger partial charge in [-0.2, -0.15) is 0 Å². The first kappa shape index (κ1) is 14.8. The molecule has 1 aliphatic heterocycles. The number of piperidine rings is 1. The van der Waals surface area contributed by atoms with Crippen LogP contribution in [0.25, 0.3) is 0 Å². The van der Waals surface area contributed by atoms with Crippen molar-refractivity contribution >= 4 is 11.6 Å². The summed E-state index contributed by atoms with van der Waals surface area (Å²) in [6.07, 6.45) is 2.54. The number of likely N-dealkylation sites (tertiary alicyclic amines) is 1. The molecule has 0 atom stereocenters. The summed E-state index contributed by atoms with van der Waals surface area (Å²) in [5.41, 5.74) is 1.04. The number of benzene rings is 1. The molecule has 1 fully saturated rings. The summed E-state index contributed by atoms with van der Waals surface area (Å²) in [4.78, 5) is 2.50. The molecular weight excluding hydrogens is 263 g/mol. The summed E-state index contributed by atoms with van der Waals surface area (Å²) in [6.45, 7) is 7.60. The fourth-order valence-electron chi connectivity index (χ4n) is 2.58. The molecule has 0 aromatic heterocycles. The predicted octanol–water partition coefficient (Wildman–Crippen LogP) is 3.30. The molecule has 0 bridgehead atoms. The van der Waals surface area contributed by atoms with E-state index in [4.69, 9.17) is 11.6 Å². The van der Waals surface area contributed by atoms with Crippen molar-refractivity contribution in [3.8, 4) is 0 Å². The van der Waals surface area contributed by atoms with Crippen LogP contribution in [0.2, 0.25) is 5.02 Å². The number of nitrogens with zero attached hydrogens (tertiary/aromatic N) is 1. The topological polar surface area (TPSA) is 15.3 Å². The molecule has 1 aliphatic rings. The SMILES string of the molecule is CCN1CCC(CNCc2ccc(F)c(Cl)c2)CC1. The average Bonchev–Trinajstić information content (AvgIpc) is 2.43. The van der Waals surface area contributed by atoms with E-state index in [0.717, 1.165) is 31.1 Å². The zero-order valence-corrected chi connectivity index (χ0v) is 12.2. The van der Waals surface area contributed by atoms with Crippen LogP contribution in [0.1, 0.15) is 25.3 Å². The maximum Gasteiger partial charge on any atom is 0.141 e. The zero-order chi connectivity index (χ0) is 13.7. The molecule has 1 heterocycles. The molecule has 0 unspecified atom stereocenters. The lowest BCUT2D eigenvalue weighted by atomic mass is 9.97. The van der Waals surface area contributed by atoms with E-state index >= 15 is 0 Å². The Hall–Kier alpha value is -0.640. The maximum atomic E-state index is 13.0. The van der Waals surface area contributed by atoms with Crippen LogP contribution in [0.15, 0.2) is 18.2 Å². The fraction of sp³-hybridized carbons (Fsp3) is 0.600. The van der Waals surface area contributed by atoms with Crippen molar-refractivity contribution in [2.24, 2.45) is 5.92 Å². The van der Waals surface area contributed by atoms with Gasteiger partial charge in [0.2, 0.25) is 0 Å². The monoisotopic (exact) mass is 284 g/mol. The average molecular weight is 285 g/mol. The third-order valence-corrected chi connectivity index (χ3v) is 4.19. The number of rotatable bonds is 5. The standard InChI is InChI=1S/C15H22ClFN2/c1-2-19-7-5-12(6-8-19)10-18-11-13-3-4-15(17)14(16)9-13/h3-4,9,12,18H,2,5-8,10-11H2,1H3. The lowest BCUT2D eigenvalue weighted by molar-refractivity contribution is 0.190. The summed E-state index contributed by atoms with van der Waals surface area (Å²) in [6, 6.07) is 4.91. The molecule has 0 saturated carbocycles. The van der Waals surface area contributed by atoms with Gasteiger partial charge in [0, 0.05) is 6.54 Å². The molecule has 1 aromatic carbocycles. The minimum atomic E-state index is -0.350. The minimum Gasteiger partial charge on any atom is -0.312 e. The van der Waals surface area contributed by atoms with Gasteiger partial charge in [0.25, 0.3) is 0 Å². The van der Waals surface area contributed by atoms with E-state index < -0.39 is 0 Å². The zero-order valence-electron chi connectivity index (χ0n) is 11.5. The largest absolute Gasteiger partial charge is 0.312 e. The predicted molar refractivity (Wildman–Crippen MR) is 78.0 cm³/mol. The molecule has 0 amide bonds. The van der Waals surface area contributed by atoms with Gasteiger partial charge in [-0.15, -0.1) is 0 Å². The van der Waals surface area contributed by atoms with Crippen LogP contribution in [0, 0.1) is 11.7 Å². The van der Waals surface area contributed by atoms with E-state index in [2.05, 4.69) is 17.1 Å². The number of nitrogens with one attached hydrogen (secondary N) is 1. The molecule has 1 N–H and O–H groups in total. The van der Waals surface area contributed by atoms with Gasteiger partial charge in [-0.25, -0.2) is 4.39 Å². The molecule has 4 heteroatoms. The van der Waals surface area contributed by atoms with E-state index in [-0.39, 0.29) is 10.8 Å². The molecule has 19 heavy (non-hydrogen) atoms. The quantitative estimate of drug-likeness (QED) is 0.892. The van der Waals surface area contributed by atoms with Crippen LogP contribution < -0.4 is 5.32 Å². The highest BCUT2D eigenvalue weighted by Gasteiger charge is 2.17. The van der Waals surface area contributed by atoms with E-state index in [1.165, 1.54) is 32.0 Å². The number of hydrogen-bond acceptors (Lipinski definition) is 2. The van der Waals surface area contributed by atoms with Crippen molar-refractivity contribution in [3.63, 3.8) is 0 Å². The van der Waals surface area contributed by atoms with Gasteiger partial charge in [0.1, 0.15) is 5.82 Å². The molecule has 0 spiro atoms. The Labute approximate surface area is 119 Å². The van der Waals surface area contributed by atoms with E-state index in [1.807, 2.05) is 0 Å². The Kier molecular flexibility index (Phi) is 5.61. The molecule has 2 rings (SSSR count). The van der Waals surface area contributed by atoms with Gasteiger partial charge in [-0.1, -0.05) is 24.6 Å². The van der Waals surface area contributed by atoms with E-state index in [1.54, 1.807) is 12.1 Å². The van der Waals surface area contributed by atoms with E-state index in [9.17, 15) is 4.39 Å². The van der Waals surface area contributed by atoms with Crippen molar-refractivity contribution in [2.75, 3.05) is 26.2 Å². The summed E-state index contributed by atoms with van der Waals surface area (Å²) in [5, 5.41) is 3.66. The second kappa shape index (κ2) is 7.22. The van der Waals surface area contributed by atoms with Crippen LogP contribution in [-0.4, -0.2) is 31.1 Å². The third-order valence-electron chi connectivity index (χ3n) is 3.90. The minimum absolute atomic E-state index is 0.204. The van der Waals surface area contributed by atoms with Gasteiger partial charge in [-0.05, 0) is 62.6 Å². The van der Waals surface area contributed by atoms with Crippen LogP contribution in [0.5, 0.6) is 0 Å². The lowest BCUT2D eigenvalue weighted by Crippen LogP contribution is -2.36. The van der Waals surface area contributed by atoms with Crippen molar-refractivity contribution in [3.05, 3.63) is 34.6 Å². The van der Waals surface area contributed by atoms with Gasteiger partial charge in [-0.3, -0.25) is 0 Å². The second-order valence-electron chi connectivity index (χ2n) is 5.26. The van der Waals surface area contributed by atoms with E-state index in [0.29, 0.717) is 0 Å². The van der Waals surface area contributed by atoms with Gasteiger partial charge in [0.15, 0.2) is 0 Å². The number of halogens is 2. The second-order valence-corrected chi connectivity index (χ2v) is 5.66. The van der Waals surface area contributed by atoms with Crippen LogP contribution >= 0.6 is 11.6 Å². The lowest BCUT2D eigenvalue weighted by Gasteiger charge is -2.31. The molecule has 0 radical (unpaired) electrons.